The smallest absolute Gasteiger partial charge is 0.193 e. The second kappa shape index (κ2) is 9.55. The van der Waals surface area contributed by atoms with Crippen molar-refractivity contribution in [2.75, 3.05) is 39.9 Å². The van der Waals surface area contributed by atoms with Crippen molar-refractivity contribution >= 4 is 5.96 Å². The second-order valence-corrected chi connectivity index (χ2v) is 6.30. The standard InChI is InChI=1S/C17H31N5O/c1-4-18-17(22(3)10-11-23-13-15-7-8-15)19-9-5-6-16-12-20-21-14(16)2/h12,15H,4-11,13H2,1-3H3,(H,18,19)(H,20,21). The maximum atomic E-state index is 5.71. The van der Waals surface area contributed by atoms with E-state index >= 15 is 0 Å². The Labute approximate surface area is 139 Å². The number of likely N-dealkylation sites (N-methyl/N-ethyl adjacent to an activating group) is 1. The lowest BCUT2D eigenvalue weighted by molar-refractivity contribution is 0.115. The van der Waals surface area contributed by atoms with Gasteiger partial charge in [-0.2, -0.15) is 5.10 Å². The molecule has 130 valence electrons. The van der Waals surface area contributed by atoms with Crippen LogP contribution in [0.15, 0.2) is 11.2 Å². The number of aliphatic imine (C=N–C) groups is 1. The number of aromatic nitrogens is 2. The number of hydrogen-bond donors (Lipinski definition) is 2. The van der Waals surface area contributed by atoms with Crippen molar-refractivity contribution in [1.82, 2.24) is 20.4 Å². The summed E-state index contributed by atoms with van der Waals surface area (Å²) in [4.78, 5) is 6.87. The SMILES string of the molecule is CCNC(=NCCCc1cn[nH]c1C)N(C)CCOCC1CC1. The van der Waals surface area contributed by atoms with Crippen molar-refractivity contribution in [2.45, 2.75) is 39.5 Å². The van der Waals surface area contributed by atoms with Crippen LogP contribution in [0.5, 0.6) is 0 Å². The topological polar surface area (TPSA) is 65.5 Å². The molecule has 0 unspecified atom stereocenters. The number of hydrogen-bond acceptors (Lipinski definition) is 3. The number of guanidine groups is 1. The Morgan fingerprint density at radius 3 is 3.00 bits per heavy atom. The number of rotatable bonds is 10. The van der Waals surface area contributed by atoms with Crippen molar-refractivity contribution in [2.24, 2.45) is 10.9 Å². The lowest BCUT2D eigenvalue weighted by Crippen LogP contribution is -2.40. The first-order chi connectivity index (χ1) is 11.2. The predicted octanol–water partition coefficient (Wildman–Crippen LogP) is 1.97. The van der Waals surface area contributed by atoms with E-state index in [1.54, 1.807) is 0 Å². The molecule has 0 amide bonds. The van der Waals surface area contributed by atoms with Gasteiger partial charge in [0.1, 0.15) is 0 Å². The van der Waals surface area contributed by atoms with Gasteiger partial charge in [-0.3, -0.25) is 10.1 Å². The van der Waals surface area contributed by atoms with E-state index in [1.807, 2.05) is 6.20 Å². The van der Waals surface area contributed by atoms with Gasteiger partial charge in [-0.25, -0.2) is 0 Å². The summed E-state index contributed by atoms with van der Waals surface area (Å²) in [6, 6.07) is 0. The van der Waals surface area contributed by atoms with E-state index in [9.17, 15) is 0 Å². The molecule has 1 aliphatic carbocycles. The number of aryl methyl sites for hydroxylation is 2. The zero-order valence-corrected chi connectivity index (χ0v) is 14.8. The van der Waals surface area contributed by atoms with Crippen LogP contribution in [0.3, 0.4) is 0 Å². The third-order valence-corrected chi connectivity index (χ3v) is 4.12. The minimum atomic E-state index is 0.769. The summed E-state index contributed by atoms with van der Waals surface area (Å²) < 4.78 is 5.71. The normalized spacial score (nSPS) is 15.0. The van der Waals surface area contributed by atoms with Crippen LogP contribution in [-0.4, -0.2) is 61.0 Å². The molecule has 2 rings (SSSR count). The summed E-state index contributed by atoms with van der Waals surface area (Å²) in [5, 5.41) is 10.4. The first-order valence-corrected chi connectivity index (χ1v) is 8.76. The number of aromatic amines is 1. The van der Waals surface area contributed by atoms with Crippen molar-refractivity contribution in [3.63, 3.8) is 0 Å². The maximum Gasteiger partial charge on any atom is 0.193 e. The zero-order valence-electron chi connectivity index (χ0n) is 14.8. The molecule has 0 atom stereocenters. The highest BCUT2D eigenvalue weighted by Crippen LogP contribution is 2.28. The Morgan fingerprint density at radius 2 is 2.35 bits per heavy atom. The van der Waals surface area contributed by atoms with Gasteiger partial charge in [-0.1, -0.05) is 0 Å². The summed E-state index contributed by atoms with van der Waals surface area (Å²) in [7, 11) is 2.07. The first kappa shape index (κ1) is 17.8. The van der Waals surface area contributed by atoms with E-state index in [0.29, 0.717) is 0 Å². The van der Waals surface area contributed by atoms with Gasteiger partial charge in [0.2, 0.25) is 0 Å². The molecule has 1 aliphatic rings. The molecule has 6 nitrogen and oxygen atoms in total. The monoisotopic (exact) mass is 321 g/mol. The average Bonchev–Trinajstić information content (AvgIpc) is 3.28. The first-order valence-electron chi connectivity index (χ1n) is 8.76. The molecule has 23 heavy (non-hydrogen) atoms. The Hall–Kier alpha value is -1.56. The van der Waals surface area contributed by atoms with Crippen LogP contribution in [0.25, 0.3) is 0 Å². The van der Waals surface area contributed by atoms with E-state index in [4.69, 9.17) is 9.73 Å². The Balaban J connectivity index is 1.68. The van der Waals surface area contributed by atoms with Gasteiger partial charge in [0.15, 0.2) is 5.96 Å². The molecule has 1 fully saturated rings. The molecule has 1 saturated carbocycles. The fraction of sp³-hybridized carbons (Fsp3) is 0.765. The summed E-state index contributed by atoms with van der Waals surface area (Å²) >= 11 is 0. The van der Waals surface area contributed by atoms with E-state index in [-0.39, 0.29) is 0 Å². The molecule has 0 saturated heterocycles. The second-order valence-electron chi connectivity index (χ2n) is 6.30. The molecule has 0 spiro atoms. The van der Waals surface area contributed by atoms with E-state index in [1.165, 1.54) is 18.4 Å². The molecule has 0 aromatic carbocycles. The molecule has 6 heteroatoms. The molecule has 0 aliphatic heterocycles. The maximum absolute atomic E-state index is 5.71. The van der Waals surface area contributed by atoms with Gasteiger partial charge in [0.05, 0.1) is 12.8 Å². The summed E-state index contributed by atoms with van der Waals surface area (Å²) in [5.41, 5.74) is 2.44. The van der Waals surface area contributed by atoms with Crippen LogP contribution in [-0.2, 0) is 11.2 Å². The van der Waals surface area contributed by atoms with Crippen molar-refractivity contribution < 1.29 is 4.74 Å². The number of nitrogens with one attached hydrogen (secondary N) is 2. The van der Waals surface area contributed by atoms with Crippen LogP contribution in [0.1, 0.15) is 37.4 Å². The summed E-state index contributed by atoms with van der Waals surface area (Å²) in [5.74, 6) is 1.79. The quantitative estimate of drug-likeness (QED) is 0.393. The van der Waals surface area contributed by atoms with Crippen molar-refractivity contribution in [3.8, 4) is 0 Å². The van der Waals surface area contributed by atoms with Crippen LogP contribution >= 0.6 is 0 Å². The highest BCUT2D eigenvalue weighted by atomic mass is 16.5. The average molecular weight is 321 g/mol. The van der Waals surface area contributed by atoms with Gasteiger partial charge >= 0.3 is 0 Å². The van der Waals surface area contributed by atoms with Gasteiger partial charge < -0.3 is 15.0 Å². The molecule has 0 bridgehead atoms. The predicted molar refractivity (Wildman–Crippen MR) is 93.8 cm³/mol. The van der Waals surface area contributed by atoms with E-state index in [0.717, 1.165) is 63.3 Å². The van der Waals surface area contributed by atoms with E-state index < -0.39 is 0 Å². The third kappa shape index (κ3) is 6.60. The third-order valence-electron chi connectivity index (χ3n) is 4.12. The fourth-order valence-electron chi connectivity index (χ4n) is 2.39. The van der Waals surface area contributed by atoms with Crippen LogP contribution in [0, 0.1) is 12.8 Å². The number of H-pyrrole nitrogens is 1. The molecular formula is C17H31N5O. The fourth-order valence-corrected chi connectivity index (χ4v) is 2.39. The lowest BCUT2D eigenvalue weighted by atomic mass is 10.1. The largest absolute Gasteiger partial charge is 0.379 e. The molecule has 2 N–H and O–H groups in total. The number of nitrogens with zero attached hydrogens (tertiary/aromatic N) is 3. The molecular weight excluding hydrogens is 290 g/mol. The molecule has 1 aromatic rings. The molecule has 1 heterocycles. The molecule has 0 radical (unpaired) electrons. The summed E-state index contributed by atoms with van der Waals surface area (Å²) in [6.45, 7) is 8.43. The van der Waals surface area contributed by atoms with Crippen LogP contribution in [0.2, 0.25) is 0 Å². The highest BCUT2D eigenvalue weighted by Gasteiger charge is 2.21. The van der Waals surface area contributed by atoms with Gasteiger partial charge in [-0.15, -0.1) is 0 Å². The van der Waals surface area contributed by atoms with E-state index in [2.05, 4.69) is 41.3 Å². The van der Waals surface area contributed by atoms with Crippen molar-refractivity contribution in [3.05, 3.63) is 17.5 Å². The lowest BCUT2D eigenvalue weighted by Gasteiger charge is -2.22. The minimum Gasteiger partial charge on any atom is -0.379 e. The summed E-state index contributed by atoms with van der Waals surface area (Å²) in [6.07, 6.45) is 6.64. The van der Waals surface area contributed by atoms with Gasteiger partial charge in [0.25, 0.3) is 0 Å². The Bertz CT molecular complexity index is 481. The van der Waals surface area contributed by atoms with Crippen LogP contribution in [0.4, 0.5) is 0 Å². The van der Waals surface area contributed by atoms with Gasteiger partial charge in [-0.05, 0) is 51.0 Å². The van der Waals surface area contributed by atoms with Gasteiger partial charge in [0, 0.05) is 39.0 Å². The molecule has 1 aromatic heterocycles. The Morgan fingerprint density at radius 1 is 1.52 bits per heavy atom. The van der Waals surface area contributed by atoms with Crippen molar-refractivity contribution in [1.29, 1.82) is 0 Å². The highest BCUT2D eigenvalue weighted by molar-refractivity contribution is 5.79. The zero-order chi connectivity index (χ0) is 16.5. The minimum absolute atomic E-state index is 0.769. The Kier molecular flexibility index (Phi) is 7.39. The van der Waals surface area contributed by atoms with Crippen LogP contribution < -0.4 is 5.32 Å². The number of ether oxygens (including phenoxy) is 1.